The van der Waals surface area contributed by atoms with Gasteiger partial charge in [0.25, 0.3) is 0 Å². The van der Waals surface area contributed by atoms with Gasteiger partial charge in [0.05, 0.1) is 0 Å². The van der Waals surface area contributed by atoms with E-state index in [0.29, 0.717) is 0 Å². The van der Waals surface area contributed by atoms with Crippen molar-refractivity contribution in [2.24, 2.45) is 0 Å². The van der Waals surface area contributed by atoms with Crippen LogP contribution in [0.15, 0.2) is 42.5 Å². The summed E-state index contributed by atoms with van der Waals surface area (Å²) in [5.74, 6) is 0. The first kappa shape index (κ1) is 9.41. The average molecular weight is 243 g/mol. The van der Waals surface area contributed by atoms with E-state index in [1.54, 1.807) is 0 Å². The van der Waals surface area contributed by atoms with E-state index >= 15 is 0 Å². The molecule has 0 bridgehead atoms. The first-order valence-corrected chi connectivity index (χ1v) is 3.82. The van der Waals surface area contributed by atoms with Crippen LogP contribution in [-0.4, -0.2) is 0 Å². The monoisotopic (exact) mass is 244 g/mol. The molecule has 2 aromatic rings. The summed E-state index contributed by atoms with van der Waals surface area (Å²) in [5, 5.41) is 2.68. The second-order valence-electron chi connectivity index (χ2n) is 2.80. The Hall–Kier alpha value is -0.677. The number of hydrogen-bond donors (Lipinski definition) is 0. The van der Waals surface area contributed by atoms with E-state index in [9.17, 15) is 0 Å². The smallest absolute Gasteiger partial charge is 0 e. The normalized spacial score (nSPS) is 9.42. The van der Waals surface area contributed by atoms with Gasteiger partial charge >= 0.3 is 0 Å². The molecule has 0 radical (unpaired) electrons. The topological polar surface area (TPSA) is 0 Å². The van der Waals surface area contributed by atoms with E-state index in [-0.39, 0.29) is 19.5 Å². The van der Waals surface area contributed by atoms with Gasteiger partial charge in [-0.1, -0.05) is 42.5 Å². The number of benzene rings is 2. The zero-order chi connectivity index (χ0) is 7.68. The zero-order valence-corrected chi connectivity index (χ0v) is 8.63. The van der Waals surface area contributed by atoms with E-state index in [0.717, 1.165) is 0 Å². The van der Waals surface area contributed by atoms with Gasteiger partial charge in [0.2, 0.25) is 0 Å². The third-order valence-corrected chi connectivity index (χ3v) is 2.01. The van der Waals surface area contributed by atoms with Crippen LogP contribution in [0.25, 0.3) is 10.8 Å². The summed E-state index contributed by atoms with van der Waals surface area (Å²) in [6, 6.07) is 14.8. The molecule has 2 rings (SSSR count). The maximum Gasteiger partial charge on any atom is 0 e. The van der Waals surface area contributed by atoms with Crippen molar-refractivity contribution in [3.05, 3.63) is 48.0 Å². The van der Waals surface area contributed by atoms with Gasteiger partial charge in [-0.3, -0.25) is 0 Å². The molecule has 0 aliphatic carbocycles. The Labute approximate surface area is 85.4 Å². The van der Waals surface area contributed by atoms with Crippen molar-refractivity contribution in [2.75, 3.05) is 0 Å². The summed E-state index contributed by atoms with van der Waals surface area (Å²) >= 11 is 0. The standard InChI is InChI=1S/C11H10.Ru/c1-9-5-4-7-10-6-2-3-8-11(9)10;/h2-8H,1H3;. The molecule has 1 heteroatoms. The van der Waals surface area contributed by atoms with Gasteiger partial charge in [0.15, 0.2) is 0 Å². The molecule has 0 aliphatic rings. The number of hydrogen-bond acceptors (Lipinski definition) is 0. The quantitative estimate of drug-likeness (QED) is 0.623. The Morgan fingerprint density at radius 2 is 1.50 bits per heavy atom. The summed E-state index contributed by atoms with van der Waals surface area (Å²) < 4.78 is 0. The fourth-order valence-electron chi connectivity index (χ4n) is 1.39. The molecule has 0 saturated heterocycles. The van der Waals surface area contributed by atoms with Crippen molar-refractivity contribution in [1.82, 2.24) is 0 Å². The maximum absolute atomic E-state index is 2.16. The molecule has 0 spiro atoms. The van der Waals surface area contributed by atoms with Crippen molar-refractivity contribution in [3.63, 3.8) is 0 Å². The van der Waals surface area contributed by atoms with Crippen molar-refractivity contribution in [3.8, 4) is 0 Å². The van der Waals surface area contributed by atoms with Gasteiger partial charge < -0.3 is 0 Å². The van der Waals surface area contributed by atoms with Gasteiger partial charge in [0, 0.05) is 19.5 Å². The molecule has 2 aromatic carbocycles. The molecule has 0 heterocycles. The van der Waals surface area contributed by atoms with Crippen molar-refractivity contribution in [1.29, 1.82) is 0 Å². The second-order valence-corrected chi connectivity index (χ2v) is 2.80. The number of fused-ring (bicyclic) bond motifs is 1. The van der Waals surface area contributed by atoms with Crippen molar-refractivity contribution < 1.29 is 19.5 Å². The molecule has 0 nitrogen and oxygen atoms in total. The van der Waals surface area contributed by atoms with Crippen LogP contribution in [0.3, 0.4) is 0 Å². The summed E-state index contributed by atoms with van der Waals surface area (Å²) in [6.07, 6.45) is 0. The summed E-state index contributed by atoms with van der Waals surface area (Å²) in [4.78, 5) is 0. The molecule has 0 saturated carbocycles. The van der Waals surface area contributed by atoms with Crippen LogP contribution in [0.1, 0.15) is 5.56 Å². The SMILES string of the molecule is Cc1cccc2ccccc12.[Ru]. The van der Waals surface area contributed by atoms with Crippen LogP contribution in [0, 0.1) is 6.92 Å². The van der Waals surface area contributed by atoms with Crippen molar-refractivity contribution >= 4 is 10.8 Å². The molecule has 12 heavy (non-hydrogen) atoms. The minimum atomic E-state index is 0. The molecule has 0 N–H and O–H groups in total. The maximum atomic E-state index is 2.16. The largest absolute Gasteiger partial charge is 0.0616 e. The van der Waals surface area contributed by atoms with Crippen molar-refractivity contribution in [2.45, 2.75) is 6.92 Å². The fourth-order valence-corrected chi connectivity index (χ4v) is 1.39. The van der Waals surface area contributed by atoms with E-state index in [2.05, 4.69) is 49.4 Å². The van der Waals surface area contributed by atoms with Gasteiger partial charge in [-0.05, 0) is 23.3 Å². The molecular weight excluding hydrogens is 233 g/mol. The van der Waals surface area contributed by atoms with Crippen LogP contribution in [0.4, 0.5) is 0 Å². The molecule has 0 unspecified atom stereocenters. The van der Waals surface area contributed by atoms with E-state index in [1.807, 2.05) is 0 Å². The molecule has 0 aromatic heterocycles. The van der Waals surface area contributed by atoms with Gasteiger partial charge in [-0.2, -0.15) is 0 Å². The average Bonchev–Trinajstić information content (AvgIpc) is 2.06. The fraction of sp³-hybridized carbons (Fsp3) is 0.0909. The first-order chi connectivity index (χ1) is 5.38. The number of aryl methyl sites for hydroxylation is 1. The summed E-state index contributed by atoms with van der Waals surface area (Å²) in [7, 11) is 0. The van der Waals surface area contributed by atoms with Gasteiger partial charge in [-0.15, -0.1) is 0 Å². The van der Waals surface area contributed by atoms with Crippen LogP contribution in [-0.2, 0) is 19.5 Å². The van der Waals surface area contributed by atoms with Gasteiger partial charge in [-0.25, -0.2) is 0 Å². The van der Waals surface area contributed by atoms with E-state index in [4.69, 9.17) is 0 Å². The van der Waals surface area contributed by atoms with Crippen LogP contribution in [0.2, 0.25) is 0 Å². The predicted molar refractivity (Wildman–Crippen MR) is 48.7 cm³/mol. The molecule has 0 fully saturated rings. The minimum absolute atomic E-state index is 0. The third-order valence-electron chi connectivity index (χ3n) is 2.01. The Morgan fingerprint density at radius 1 is 0.833 bits per heavy atom. The minimum Gasteiger partial charge on any atom is -0.0616 e. The van der Waals surface area contributed by atoms with Crippen LogP contribution >= 0.6 is 0 Å². The third kappa shape index (κ3) is 1.56. The molecule has 0 aliphatic heterocycles. The first-order valence-electron chi connectivity index (χ1n) is 3.82. The molecular formula is C11H10Ru. The molecule has 62 valence electrons. The van der Waals surface area contributed by atoms with Gasteiger partial charge in [0.1, 0.15) is 0 Å². The Balaban J connectivity index is 0.000000720. The van der Waals surface area contributed by atoms with E-state index in [1.165, 1.54) is 16.3 Å². The predicted octanol–water partition coefficient (Wildman–Crippen LogP) is 3.15. The molecule has 0 amide bonds. The Morgan fingerprint density at radius 3 is 2.25 bits per heavy atom. The Kier molecular flexibility index (Phi) is 3.00. The van der Waals surface area contributed by atoms with Crippen LogP contribution in [0.5, 0.6) is 0 Å². The number of rotatable bonds is 0. The molecule has 0 atom stereocenters. The Bertz CT molecular complexity index is 374. The summed E-state index contributed by atoms with van der Waals surface area (Å²) in [6.45, 7) is 2.14. The zero-order valence-electron chi connectivity index (χ0n) is 6.90. The van der Waals surface area contributed by atoms with E-state index < -0.39 is 0 Å². The second kappa shape index (κ2) is 3.82. The van der Waals surface area contributed by atoms with Crippen LogP contribution < -0.4 is 0 Å². The summed E-state index contributed by atoms with van der Waals surface area (Å²) in [5.41, 5.74) is 1.35.